The monoisotopic (exact) mass is 322 g/mol. The number of nitrogens with zero attached hydrogens (tertiary/aromatic N) is 2. The summed E-state index contributed by atoms with van der Waals surface area (Å²) in [5.74, 6) is -0.492. The zero-order valence-electron chi connectivity index (χ0n) is 8.88. The van der Waals surface area contributed by atoms with Gasteiger partial charge >= 0.3 is 6.18 Å². The summed E-state index contributed by atoms with van der Waals surface area (Å²) in [4.78, 5) is 0. The quantitative estimate of drug-likeness (QED) is 0.768. The Morgan fingerprint density at radius 2 is 2.00 bits per heavy atom. The summed E-state index contributed by atoms with van der Waals surface area (Å²) >= 11 is 3.10. The van der Waals surface area contributed by atoms with E-state index in [0.717, 1.165) is 17.1 Å². The molecule has 0 saturated heterocycles. The van der Waals surface area contributed by atoms with Crippen LogP contribution < -0.4 is 0 Å². The number of hydrogen-bond acceptors (Lipinski definition) is 1. The molecule has 0 spiro atoms. The van der Waals surface area contributed by atoms with Crippen LogP contribution in [0.2, 0.25) is 0 Å². The molecule has 0 bridgehead atoms. The molecule has 0 aliphatic rings. The van der Waals surface area contributed by atoms with Crippen LogP contribution in [0.4, 0.5) is 17.6 Å². The van der Waals surface area contributed by atoms with E-state index in [9.17, 15) is 17.6 Å². The molecule has 2 rings (SSSR count). The Morgan fingerprint density at radius 1 is 1.28 bits per heavy atom. The van der Waals surface area contributed by atoms with Gasteiger partial charge in [-0.25, -0.2) is 4.39 Å². The first kappa shape index (κ1) is 13.1. The van der Waals surface area contributed by atoms with Crippen molar-refractivity contribution in [3.05, 3.63) is 52.0 Å². The number of benzene rings is 1. The third kappa shape index (κ3) is 2.90. The van der Waals surface area contributed by atoms with Gasteiger partial charge in [0.15, 0.2) is 0 Å². The van der Waals surface area contributed by atoms with Gasteiger partial charge in [0.1, 0.15) is 5.82 Å². The highest BCUT2D eigenvalue weighted by atomic mass is 79.9. The highest BCUT2D eigenvalue weighted by Gasteiger charge is 2.32. The molecule has 0 saturated carbocycles. The number of rotatable bonds is 2. The first-order valence-corrected chi connectivity index (χ1v) is 5.69. The van der Waals surface area contributed by atoms with Gasteiger partial charge in [-0.2, -0.15) is 18.3 Å². The SMILES string of the molecule is Fc1cc(Br)ccc1Cn1cc(C(F)(F)F)cn1. The Morgan fingerprint density at radius 3 is 2.56 bits per heavy atom. The number of aromatic nitrogens is 2. The van der Waals surface area contributed by atoms with E-state index in [0.29, 0.717) is 4.47 Å². The lowest BCUT2D eigenvalue weighted by Gasteiger charge is -2.04. The van der Waals surface area contributed by atoms with E-state index in [1.165, 1.54) is 12.1 Å². The van der Waals surface area contributed by atoms with Crippen LogP contribution in [0.5, 0.6) is 0 Å². The minimum atomic E-state index is -4.43. The molecule has 0 aliphatic carbocycles. The van der Waals surface area contributed by atoms with Crippen molar-refractivity contribution < 1.29 is 17.6 Å². The molecule has 0 aliphatic heterocycles. The first-order chi connectivity index (χ1) is 8.36. The summed E-state index contributed by atoms with van der Waals surface area (Å²) < 4.78 is 52.1. The molecule has 0 unspecified atom stereocenters. The number of hydrogen-bond donors (Lipinski definition) is 0. The second-order valence-electron chi connectivity index (χ2n) is 3.66. The van der Waals surface area contributed by atoms with E-state index in [1.807, 2.05) is 0 Å². The Kier molecular flexibility index (Phi) is 3.43. The fourth-order valence-electron chi connectivity index (χ4n) is 1.42. The first-order valence-electron chi connectivity index (χ1n) is 4.90. The molecule has 1 heterocycles. The molecular weight excluding hydrogens is 316 g/mol. The largest absolute Gasteiger partial charge is 0.419 e. The van der Waals surface area contributed by atoms with Crippen LogP contribution in [0.25, 0.3) is 0 Å². The molecule has 2 nitrogen and oxygen atoms in total. The van der Waals surface area contributed by atoms with E-state index in [-0.39, 0.29) is 12.1 Å². The lowest BCUT2D eigenvalue weighted by molar-refractivity contribution is -0.137. The number of halogens is 5. The summed E-state index contributed by atoms with van der Waals surface area (Å²) in [6, 6.07) is 4.37. The summed E-state index contributed by atoms with van der Waals surface area (Å²) in [5, 5.41) is 3.56. The molecule has 0 radical (unpaired) electrons. The minimum absolute atomic E-state index is 0.0464. The molecular formula is C11H7BrF4N2. The average molecular weight is 323 g/mol. The van der Waals surface area contributed by atoms with E-state index in [1.54, 1.807) is 6.07 Å². The van der Waals surface area contributed by atoms with Crippen LogP contribution in [0.15, 0.2) is 35.1 Å². The van der Waals surface area contributed by atoms with E-state index in [4.69, 9.17) is 0 Å². The average Bonchev–Trinajstić information content (AvgIpc) is 2.70. The summed E-state index contributed by atoms with van der Waals surface area (Å²) in [5.41, 5.74) is -0.574. The summed E-state index contributed by atoms with van der Waals surface area (Å²) in [6.07, 6.45) is -2.87. The van der Waals surface area contributed by atoms with E-state index < -0.39 is 17.6 Å². The van der Waals surface area contributed by atoms with Crippen LogP contribution in [-0.4, -0.2) is 9.78 Å². The second-order valence-corrected chi connectivity index (χ2v) is 4.58. The maximum atomic E-state index is 13.5. The molecule has 7 heteroatoms. The van der Waals surface area contributed by atoms with Crippen molar-refractivity contribution in [1.29, 1.82) is 0 Å². The number of alkyl halides is 3. The Labute approximate surface area is 108 Å². The van der Waals surface area contributed by atoms with Gasteiger partial charge in [0.2, 0.25) is 0 Å². The maximum absolute atomic E-state index is 13.5. The van der Waals surface area contributed by atoms with E-state index >= 15 is 0 Å². The molecule has 0 atom stereocenters. The maximum Gasteiger partial charge on any atom is 0.419 e. The molecule has 1 aromatic heterocycles. The lowest BCUT2D eigenvalue weighted by atomic mass is 10.2. The Balaban J connectivity index is 2.21. The Bertz CT molecular complexity index is 562. The standard InChI is InChI=1S/C11H7BrF4N2/c12-9-2-1-7(10(13)3-9)5-18-6-8(4-17-18)11(14,15)16/h1-4,6H,5H2. The van der Waals surface area contributed by atoms with Gasteiger partial charge in [0.25, 0.3) is 0 Å². The van der Waals surface area contributed by atoms with Gasteiger partial charge in [-0.05, 0) is 12.1 Å². The van der Waals surface area contributed by atoms with Crippen molar-refractivity contribution in [2.24, 2.45) is 0 Å². The van der Waals surface area contributed by atoms with Gasteiger partial charge in [-0.15, -0.1) is 0 Å². The highest BCUT2D eigenvalue weighted by molar-refractivity contribution is 9.10. The third-order valence-corrected chi connectivity index (χ3v) is 2.80. The molecule has 18 heavy (non-hydrogen) atoms. The molecule has 0 N–H and O–H groups in total. The molecule has 0 fully saturated rings. The van der Waals surface area contributed by atoms with Gasteiger partial charge in [-0.3, -0.25) is 4.68 Å². The predicted octanol–water partition coefficient (Wildman–Crippen LogP) is 3.85. The van der Waals surface area contributed by atoms with Crippen LogP contribution in [-0.2, 0) is 12.7 Å². The fourth-order valence-corrected chi connectivity index (χ4v) is 1.75. The van der Waals surface area contributed by atoms with E-state index in [2.05, 4.69) is 21.0 Å². The molecule has 0 amide bonds. The van der Waals surface area contributed by atoms with Crippen LogP contribution in [0.3, 0.4) is 0 Å². The van der Waals surface area contributed by atoms with Crippen LogP contribution in [0.1, 0.15) is 11.1 Å². The minimum Gasteiger partial charge on any atom is -0.268 e. The van der Waals surface area contributed by atoms with Gasteiger partial charge in [0, 0.05) is 16.2 Å². The van der Waals surface area contributed by atoms with Crippen molar-refractivity contribution in [2.45, 2.75) is 12.7 Å². The molecule has 96 valence electrons. The summed E-state index contributed by atoms with van der Waals surface area (Å²) in [6.45, 7) is -0.0464. The lowest BCUT2D eigenvalue weighted by Crippen LogP contribution is -2.04. The van der Waals surface area contributed by atoms with Gasteiger partial charge in [-0.1, -0.05) is 22.0 Å². The van der Waals surface area contributed by atoms with Crippen LogP contribution in [0, 0.1) is 5.82 Å². The second kappa shape index (κ2) is 4.72. The summed E-state index contributed by atoms with van der Waals surface area (Å²) in [7, 11) is 0. The van der Waals surface area contributed by atoms with Crippen molar-refractivity contribution in [1.82, 2.24) is 9.78 Å². The molecule has 2 aromatic rings. The van der Waals surface area contributed by atoms with Crippen LogP contribution >= 0.6 is 15.9 Å². The zero-order chi connectivity index (χ0) is 13.3. The zero-order valence-corrected chi connectivity index (χ0v) is 10.5. The fraction of sp³-hybridized carbons (Fsp3) is 0.182. The normalized spacial score (nSPS) is 11.8. The van der Waals surface area contributed by atoms with Gasteiger partial charge in [0.05, 0.1) is 18.3 Å². The van der Waals surface area contributed by atoms with Crippen molar-refractivity contribution in [2.75, 3.05) is 0 Å². The topological polar surface area (TPSA) is 17.8 Å². The predicted molar refractivity (Wildman–Crippen MR) is 60.4 cm³/mol. The molecule has 1 aromatic carbocycles. The highest BCUT2D eigenvalue weighted by Crippen LogP contribution is 2.28. The van der Waals surface area contributed by atoms with Crippen molar-refractivity contribution >= 4 is 15.9 Å². The smallest absolute Gasteiger partial charge is 0.268 e. The van der Waals surface area contributed by atoms with Crippen molar-refractivity contribution in [3.63, 3.8) is 0 Å². The van der Waals surface area contributed by atoms with Crippen molar-refractivity contribution in [3.8, 4) is 0 Å². The third-order valence-electron chi connectivity index (χ3n) is 2.31. The Hall–Kier alpha value is -1.37. The van der Waals surface area contributed by atoms with Gasteiger partial charge < -0.3 is 0 Å².